The molecule has 2 heterocycles. The van der Waals surface area contributed by atoms with E-state index in [0.29, 0.717) is 5.69 Å². The first kappa shape index (κ1) is 13.1. The van der Waals surface area contributed by atoms with E-state index in [1.54, 1.807) is 4.90 Å². The Morgan fingerprint density at radius 1 is 1.35 bits per heavy atom. The first-order valence-corrected chi connectivity index (χ1v) is 7.10. The van der Waals surface area contributed by atoms with Crippen molar-refractivity contribution in [1.82, 2.24) is 5.32 Å². The van der Waals surface area contributed by atoms with Gasteiger partial charge < -0.3 is 15.5 Å². The number of piperidine rings is 1. The van der Waals surface area contributed by atoms with Crippen LogP contribution in [-0.4, -0.2) is 30.9 Å². The molecule has 2 N–H and O–H groups in total. The zero-order chi connectivity index (χ0) is 14.1. The summed E-state index contributed by atoms with van der Waals surface area (Å²) in [5, 5.41) is 6.15. The van der Waals surface area contributed by atoms with Crippen molar-refractivity contribution in [3.05, 3.63) is 24.3 Å². The van der Waals surface area contributed by atoms with Crippen LogP contribution in [0.3, 0.4) is 0 Å². The normalized spacial score (nSPS) is 25.9. The maximum Gasteiger partial charge on any atom is 0.244 e. The van der Waals surface area contributed by atoms with Gasteiger partial charge in [-0.2, -0.15) is 0 Å². The predicted octanol–water partition coefficient (Wildman–Crippen LogP) is 1.36. The molecule has 1 aromatic carbocycles. The van der Waals surface area contributed by atoms with Crippen LogP contribution in [0.15, 0.2) is 24.3 Å². The Balaban J connectivity index is 1.89. The number of hydrogen-bond donors (Lipinski definition) is 2. The van der Waals surface area contributed by atoms with Gasteiger partial charge in [0.25, 0.3) is 0 Å². The zero-order valence-electron chi connectivity index (χ0n) is 11.6. The standard InChI is InChI=1S/C15H19N3O2/c1-10-11(5-4-8-16-10)15(20)18-9-14(19)17-12-6-2-3-7-13(12)18/h2-3,6-7,10-11,16H,4-5,8-9H2,1H3,(H,17,19). The molecule has 106 valence electrons. The van der Waals surface area contributed by atoms with E-state index in [1.165, 1.54) is 0 Å². The van der Waals surface area contributed by atoms with Crippen LogP contribution in [0.2, 0.25) is 0 Å². The van der Waals surface area contributed by atoms with Crippen LogP contribution in [0.5, 0.6) is 0 Å². The Kier molecular flexibility index (Phi) is 3.44. The number of anilines is 2. The lowest BCUT2D eigenvalue weighted by Crippen LogP contribution is -2.51. The monoisotopic (exact) mass is 273 g/mol. The summed E-state index contributed by atoms with van der Waals surface area (Å²) in [5.74, 6) is -0.136. The minimum atomic E-state index is -0.131. The number of carbonyl (C=O) groups excluding carboxylic acids is 2. The molecule has 2 amide bonds. The third kappa shape index (κ3) is 2.29. The topological polar surface area (TPSA) is 61.4 Å². The zero-order valence-corrected chi connectivity index (χ0v) is 11.6. The fraction of sp³-hybridized carbons (Fsp3) is 0.467. The molecule has 0 saturated carbocycles. The Morgan fingerprint density at radius 3 is 2.95 bits per heavy atom. The average molecular weight is 273 g/mol. The third-order valence-electron chi connectivity index (χ3n) is 4.12. The minimum absolute atomic E-state index is 0.0481. The molecule has 2 atom stereocenters. The second-order valence-electron chi connectivity index (χ2n) is 5.48. The molecule has 2 unspecified atom stereocenters. The summed E-state index contributed by atoms with van der Waals surface area (Å²) in [5.41, 5.74) is 1.52. The summed E-state index contributed by atoms with van der Waals surface area (Å²) in [7, 11) is 0. The van der Waals surface area contributed by atoms with Crippen molar-refractivity contribution in [3.8, 4) is 0 Å². The number of fused-ring (bicyclic) bond motifs is 1. The molecule has 0 aromatic heterocycles. The number of nitrogens with one attached hydrogen (secondary N) is 2. The Labute approximate surface area is 118 Å². The van der Waals surface area contributed by atoms with Gasteiger partial charge in [-0.25, -0.2) is 0 Å². The maximum atomic E-state index is 12.8. The highest BCUT2D eigenvalue weighted by molar-refractivity contribution is 6.10. The quantitative estimate of drug-likeness (QED) is 0.812. The number of hydrogen-bond acceptors (Lipinski definition) is 3. The number of rotatable bonds is 1. The number of nitrogens with zero attached hydrogens (tertiary/aromatic N) is 1. The van der Waals surface area contributed by atoms with Gasteiger partial charge in [0.05, 0.1) is 17.3 Å². The smallest absolute Gasteiger partial charge is 0.244 e. The first-order chi connectivity index (χ1) is 9.66. The molecule has 0 spiro atoms. The van der Waals surface area contributed by atoms with Gasteiger partial charge in [-0.1, -0.05) is 12.1 Å². The van der Waals surface area contributed by atoms with Crippen LogP contribution in [0, 0.1) is 5.92 Å². The molecule has 20 heavy (non-hydrogen) atoms. The van der Waals surface area contributed by atoms with Crippen molar-refractivity contribution >= 4 is 23.2 Å². The van der Waals surface area contributed by atoms with E-state index < -0.39 is 0 Å². The van der Waals surface area contributed by atoms with Gasteiger partial charge in [0.1, 0.15) is 6.54 Å². The van der Waals surface area contributed by atoms with Crippen molar-refractivity contribution in [2.45, 2.75) is 25.8 Å². The summed E-state index contributed by atoms with van der Waals surface area (Å²) in [4.78, 5) is 26.2. The van der Waals surface area contributed by atoms with Gasteiger partial charge in [0.15, 0.2) is 0 Å². The SMILES string of the molecule is CC1NCCCC1C(=O)N1CC(=O)Nc2ccccc21. The van der Waals surface area contributed by atoms with Gasteiger partial charge in [-0.15, -0.1) is 0 Å². The number of amides is 2. The number of benzene rings is 1. The summed E-state index contributed by atoms with van der Waals surface area (Å²) < 4.78 is 0. The maximum absolute atomic E-state index is 12.8. The summed E-state index contributed by atoms with van der Waals surface area (Å²) >= 11 is 0. The van der Waals surface area contributed by atoms with Crippen LogP contribution >= 0.6 is 0 Å². The summed E-state index contributed by atoms with van der Waals surface area (Å²) in [6.07, 6.45) is 1.88. The van der Waals surface area contributed by atoms with E-state index in [-0.39, 0.29) is 30.3 Å². The van der Waals surface area contributed by atoms with E-state index >= 15 is 0 Å². The summed E-state index contributed by atoms with van der Waals surface area (Å²) in [6, 6.07) is 7.62. The predicted molar refractivity (Wildman–Crippen MR) is 77.6 cm³/mol. The largest absolute Gasteiger partial charge is 0.323 e. The highest BCUT2D eigenvalue weighted by atomic mass is 16.2. The Bertz CT molecular complexity index is 544. The second-order valence-corrected chi connectivity index (χ2v) is 5.48. The fourth-order valence-electron chi connectivity index (χ4n) is 3.01. The van der Waals surface area contributed by atoms with E-state index in [4.69, 9.17) is 0 Å². The van der Waals surface area contributed by atoms with Crippen molar-refractivity contribution in [3.63, 3.8) is 0 Å². The summed E-state index contributed by atoms with van der Waals surface area (Å²) in [6.45, 7) is 3.11. The highest BCUT2D eigenvalue weighted by Gasteiger charge is 2.35. The molecular formula is C15H19N3O2. The lowest BCUT2D eigenvalue weighted by Gasteiger charge is -2.36. The van der Waals surface area contributed by atoms with Crippen LogP contribution in [-0.2, 0) is 9.59 Å². The van der Waals surface area contributed by atoms with Gasteiger partial charge in [0, 0.05) is 6.04 Å². The third-order valence-corrected chi connectivity index (χ3v) is 4.12. The molecule has 1 fully saturated rings. The van der Waals surface area contributed by atoms with E-state index in [9.17, 15) is 9.59 Å². The average Bonchev–Trinajstić information content (AvgIpc) is 2.46. The second kappa shape index (κ2) is 5.25. The Morgan fingerprint density at radius 2 is 2.15 bits per heavy atom. The molecule has 3 rings (SSSR count). The molecule has 5 heteroatoms. The van der Waals surface area contributed by atoms with E-state index in [0.717, 1.165) is 25.1 Å². The van der Waals surface area contributed by atoms with Crippen LogP contribution < -0.4 is 15.5 Å². The lowest BCUT2D eigenvalue weighted by atomic mass is 9.90. The Hall–Kier alpha value is -1.88. The molecule has 1 aromatic rings. The van der Waals surface area contributed by atoms with Gasteiger partial charge in [0.2, 0.25) is 11.8 Å². The minimum Gasteiger partial charge on any atom is -0.323 e. The van der Waals surface area contributed by atoms with Crippen LogP contribution in [0.4, 0.5) is 11.4 Å². The molecule has 2 aliphatic rings. The molecule has 2 aliphatic heterocycles. The van der Waals surface area contributed by atoms with Crippen LogP contribution in [0.25, 0.3) is 0 Å². The van der Waals surface area contributed by atoms with Gasteiger partial charge in [-0.3, -0.25) is 9.59 Å². The van der Waals surface area contributed by atoms with Crippen molar-refractivity contribution < 1.29 is 9.59 Å². The van der Waals surface area contributed by atoms with E-state index in [1.807, 2.05) is 31.2 Å². The first-order valence-electron chi connectivity index (χ1n) is 7.10. The molecule has 5 nitrogen and oxygen atoms in total. The van der Waals surface area contributed by atoms with Crippen LogP contribution in [0.1, 0.15) is 19.8 Å². The number of para-hydroxylation sites is 2. The van der Waals surface area contributed by atoms with Gasteiger partial charge in [-0.05, 0) is 38.4 Å². The lowest BCUT2D eigenvalue weighted by molar-refractivity contribution is -0.126. The fourth-order valence-corrected chi connectivity index (χ4v) is 3.01. The van der Waals surface area contributed by atoms with E-state index in [2.05, 4.69) is 10.6 Å². The molecule has 0 bridgehead atoms. The van der Waals surface area contributed by atoms with Crippen molar-refractivity contribution in [2.24, 2.45) is 5.92 Å². The highest BCUT2D eigenvalue weighted by Crippen LogP contribution is 2.31. The van der Waals surface area contributed by atoms with Crippen molar-refractivity contribution in [1.29, 1.82) is 0 Å². The number of carbonyl (C=O) groups is 2. The van der Waals surface area contributed by atoms with Gasteiger partial charge >= 0.3 is 0 Å². The molecular weight excluding hydrogens is 254 g/mol. The molecule has 0 aliphatic carbocycles. The molecule has 0 radical (unpaired) electrons. The molecule has 1 saturated heterocycles. The van der Waals surface area contributed by atoms with Crippen molar-refractivity contribution in [2.75, 3.05) is 23.3 Å².